The minimum Gasteiger partial charge on any atom is -0.714 e. The van der Waals surface area contributed by atoms with Crippen LogP contribution in [-0.4, -0.2) is 33.8 Å². The minimum atomic E-state index is -0.798. The third-order valence-corrected chi connectivity index (χ3v) is 4.23. The molecule has 1 aromatic rings. The minimum absolute atomic E-state index is 0.133. The molecule has 0 aromatic heterocycles. The van der Waals surface area contributed by atoms with Crippen LogP contribution in [0.15, 0.2) is 24.3 Å². The van der Waals surface area contributed by atoms with Crippen molar-refractivity contribution < 1.29 is 14.7 Å². The van der Waals surface area contributed by atoms with Gasteiger partial charge < -0.3 is 9.94 Å². The zero-order chi connectivity index (χ0) is 14.4. The second-order valence-corrected chi connectivity index (χ2v) is 5.76. The van der Waals surface area contributed by atoms with Crippen LogP contribution in [-0.2, 0) is 5.21 Å². The molecular weight excluding hydrogens is 244 g/mol. The summed E-state index contributed by atoms with van der Waals surface area (Å²) in [5.74, 6) is 0.753. The molecule has 0 unspecified atom stereocenters. The van der Waals surface area contributed by atoms with Crippen LogP contribution in [0.25, 0.3) is 0 Å². The predicted molar refractivity (Wildman–Crippen MR) is 71.4 cm³/mol. The lowest BCUT2D eigenvalue weighted by Gasteiger charge is -2.32. The molecule has 0 spiro atoms. The fraction of sp³-hybridized carbons (Fsp3) is 0.500. The molecular formula is C14H19N2O3. The Balaban J connectivity index is 2.58. The van der Waals surface area contributed by atoms with E-state index < -0.39 is 11.1 Å². The SMILES string of the molecule is COc1cccc(C2=[N+]([O-])C(C)(C)C(C)(C)N2[O])c1. The predicted octanol–water partition coefficient (Wildman–Crippen LogP) is 2.17. The highest BCUT2D eigenvalue weighted by Gasteiger charge is 2.59. The van der Waals surface area contributed by atoms with Crippen LogP contribution < -0.4 is 4.74 Å². The Kier molecular flexibility index (Phi) is 2.97. The Morgan fingerprint density at radius 2 is 1.89 bits per heavy atom. The summed E-state index contributed by atoms with van der Waals surface area (Å²) in [6.45, 7) is 7.10. The molecule has 0 saturated heterocycles. The molecule has 0 amide bonds. The van der Waals surface area contributed by atoms with E-state index in [1.165, 1.54) is 0 Å². The summed E-state index contributed by atoms with van der Waals surface area (Å²) < 4.78 is 5.93. The van der Waals surface area contributed by atoms with Gasteiger partial charge in [0.25, 0.3) is 0 Å². The van der Waals surface area contributed by atoms with Crippen molar-refractivity contribution in [3.05, 3.63) is 35.0 Å². The van der Waals surface area contributed by atoms with E-state index in [1.807, 2.05) is 0 Å². The van der Waals surface area contributed by atoms with Gasteiger partial charge in [-0.1, -0.05) is 11.1 Å². The smallest absolute Gasteiger partial charge is 0.316 e. The Hall–Kier alpha value is -1.75. The molecule has 0 saturated carbocycles. The maximum absolute atomic E-state index is 12.5. The fourth-order valence-corrected chi connectivity index (χ4v) is 2.11. The van der Waals surface area contributed by atoms with Crippen LogP contribution in [0.2, 0.25) is 0 Å². The lowest BCUT2D eigenvalue weighted by Crippen LogP contribution is -2.53. The first-order chi connectivity index (χ1) is 8.73. The Morgan fingerprint density at radius 1 is 1.26 bits per heavy atom. The monoisotopic (exact) mass is 263 g/mol. The largest absolute Gasteiger partial charge is 0.714 e. The molecule has 2 rings (SSSR count). The van der Waals surface area contributed by atoms with Gasteiger partial charge in [-0.15, -0.1) is 0 Å². The van der Waals surface area contributed by atoms with Crippen LogP contribution in [0.3, 0.4) is 0 Å². The highest BCUT2D eigenvalue weighted by atomic mass is 16.5. The van der Waals surface area contributed by atoms with Crippen LogP contribution in [0, 0.1) is 5.21 Å². The number of rotatable bonds is 2. The summed E-state index contributed by atoms with van der Waals surface area (Å²) in [7, 11) is 1.55. The van der Waals surface area contributed by atoms with Gasteiger partial charge in [-0.2, -0.15) is 0 Å². The number of methoxy groups -OCH3 is 1. The Bertz CT molecular complexity index is 535. The van der Waals surface area contributed by atoms with Crippen molar-refractivity contribution in [1.82, 2.24) is 5.06 Å². The average molecular weight is 263 g/mol. The summed E-state index contributed by atoms with van der Waals surface area (Å²) in [4.78, 5) is 0. The molecule has 1 heterocycles. The van der Waals surface area contributed by atoms with E-state index in [9.17, 15) is 10.4 Å². The summed E-state index contributed by atoms with van der Waals surface area (Å²) in [6.07, 6.45) is 0. The number of hydrogen-bond acceptors (Lipinski definition) is 3. The fourth-order valence-electron chi connectivity index (χ4n) is 2.11. The lowest BCUT2D eigenvalue weighted by atomic mass is 9.84. The molecule has 1 aliphatic heterocycles. The number of nitrogens with zero attached hydrogens (tertiary/aromatic N) is 2. The van der Waals surface area contributed by atoms with Gasteiger partial charge in [0.05, 0.1) is 12.7 Å². The molecule has 1 aromatic carbocycles. The van der Waals surface area contributed by atoms with E-state index in [2.05, 4.69) is 0 Å². The highest BCUT2D eigenvalue weighted by molar-refractivity contribution is 5.96. The van der Waals surface area contributed by atoms with Crippen molar-refractivity contribution >= 4 is 5.84 Å². The van der Waals surface area contributed by atoms with Crippen molar-refractivity contribution in [3.63, 3.8) is 0 Å². The highest BCUT2D eigenvalue weighted by Crippen LogP contribution is 2.37. The molecule has 0 N–H and O–H groups in total. The van der Waals surface area contributed by atoms with E-state index in [4.69, 9.17) is 4.74 Å². The molecule has 5 heteroatoms. The summed E-state index contributed by atoms with van der Waals surface area (Å²) >= 11 is 0. The maximum Gasteiger partial charge on any atom is 0.316 e. The second-order valence-electron chi connectivity index (χ2n) is 5.76. The van der Waals surface area contributed by atoms with Crippen molar-refractivity contribution in [2.24, 2.45) is 0 Å². The van der Waals surface area contributed by atoms with Crippen LogP contribution in [0.4, 0.5) is 0 Å². The molecule has 1 radical (unpaired) electrons. The topological polar surface area (TPSA) is 58.4 Å². The Morgan fingerprint density at radius 3 is 2.37 bits per heavy atom. The number of hydroxylamine groups is 3. The second kappa shape index (κ2) is 4.13. The maximum atomic E-state index is 12.5. The van der Waals surface area contributed by atoms with Gasteiger partial charge in [0.15, 0.2) is 5.54 Å². The van der Waals surface area contributed by atoms with E-state index >= 15 is 0 Å². The van der Waals surface area contributed by atoms with E-state index in [0.717, 1.165) is 9.80 Å². The molecule has 1 aliphatic rings. The number of hydrogen-bond donors (Lipinski definition) is 0. The van der Waals surface area contributed by atoms with E-state index in [1.54, 1.807) is 59.1 Å². The first-order valence-electron chi connectivity index (χ1n) is 6.19. The number of benzene rings is 1. The normalized spacial score (nSPS) is 20.8. The number of amidine groups is 1. The zero-order valence-corrected chi connectivity index (χ0v) is 11.9. The zero-order valence-electron chi connectivity index (χ0n) is 11.9. The summed E-state index contributed by atoms with van der Waals surface area (Å²) in [5.41, 5.74) is -1.02. The quantitative estimate of drug-likeness (QED) is 0.607. The summed E-state index contributed by atoms with van der Waals surface area (Å²) in [6, 6.07) is 6.98. The Labute approximate surface area is 113 Å². The third kappa shape index (κ3) is 1.76. The lowest BCUT2D eigenvalue weighted by molar-refractivity contribution is -0.539. The first kappa shape index (κ1) is 13.7. The molecule has 19 heavy (non-hydrogen) atoms. The standard InChI is InChI=1S/C14H19N2O3/c1-13(2)14(3,4)16(18)12(15(13)17)10-7-6-8-11(9-10)19-5/h6-9H,1-5H3. The first-order valence-corrected chi connectivity index (χ1v) is 6.19. The van der Waals surface area contributed by atoms with Gasteiger partial charge >= 0.3 is 5.84 Å². The molecule has 103 valence electrons. The van der Waals surface area contributed by atoms with Gasteiger partial charge in [0.1, 0.15) is 11.3 Å². The van der Waals surface area contributed by atoms with Gasteiger partial charge in [-0.25, -0.2) is 0 Å². The van der Waals surface area contributed by atoms with Crippen LogP contribution in [0.1, 0.15) is 33.3 Å². The molecule has 0 aliphatic carbocycles. The molecule has 0 fully saturated rings. The van der Waals surface area contributed by atoms with Gasteiger partial charge in [-0.05, 0) is 45.9 Å². The van der Waals surface area contributed by atoms with Gasteiger partial charge in [-0.3, -0.25) is 4.74 Å². The molecule has 5 nitrogen and oxygen atoms in total. The van der Waals surface area contributed by atoms with E-state index in [-0.39, 0.29) is 5.84 Å². The molecule has 0 atom stereocenters. The summed E-state index contributed by atoms with van der Waals surface area (Å²) in [5, 5.41) is 25.7. The van der Waals surface area contributed by atoms with Crippen molar-refractivity contribution in [1.29, 1.82) is 0 Å². The van der Waals surface area contributed by atoms with Gasteiger partial charge in [0.2, 0.25) is 0 Å². The van der Waals surface area contributed by atoms with Crippen molar-refractivity contribution in [3.8, 4) is 5.75 Å². The van der Waals surface area contributed by atoms with Crippen molar-refractivity contribution in [2.45, 2.75) is 38.8 Å². The van der Waals surface area contributed by atoms with Crippen molar-refractivity contribution in [2.75, 3.05) is 7.11 Å². The molecule has 0 bridgehead atoms. The number of ether oxygens (including phenoxy) is 1. The van der Waals surface area contributed by atoms with Crippen LogP contribution in [0.5, 0.6) is 5.75 Å². The van der Waals surface area contributed by atoms with Gasteiger partial charge in [0, 0.05) is 5.21 Å². The average Bonchev–Trinajstić information content (AvgIpc) is 2.49. The third-order valence-electron chi connectivity index (χ3n) is 4.23. The van der Waals surface area contributed by atoms with E-state index in [0.29, 0.717) is 11.3 Å². The van der Waals surface area contributed by atoms with Crippen LogP contribution >= 0.6 is 0 Å².